The summed E-state index contributed by atoms with van der Waals surface area (Å²) in [5.74, 6) is 0. The molecule has 1 heterocycles. The van der Waals surface area contributed by atoms with Crippen molar-refractivity contribution in [2.24, 2.45) is 0 Å². The molecule has 0 saturated carbocycles. The van der Waals surface area contributed by atoms with Gasteiger partial charge in [0.2, 0.25) is 10.0 Å². The van der Waals surface area contributed by atoms with Gasteiger partial charge in [0.05, 0.1) is 6.26 Å². The van der Waals surface area contributed by atoms with Crippen LogP contribution in [0, 0.1) is 0 Å². The van der Waals surface area contributed by atoms with E-state index in [-0.39, 0.29) is 18.1 Å². The first-order valence-corrected chi connectivity index (χ1v) is 9.28. The summed E-state index contributed by atoms with van der Waals surface area (Å²) in [5, 5.41) is -0.0856. The maximum absolute atomic E-state index is 12.1. The van der Waals surface area contributed by atoms with Crippen molar-refractivity contribution in [1.29, 1.82) is 0 Å². The van der Waals surface area contributed by atoms with Crippen molar-refractivity contribution < 1.29 is 16.8 Å². The van der Waals surface area contributed by atoms with Gasteiger partial charge < -0.3 is 0 Å². The lowest BCUT2D eigenvalue weighted by atomic mass is 10.5. The van der Waals surface area contributed by atoms with Crippen molar-refractivity contribution >= 4 is 36.0 Å². The van der Waals surface area contributed by atoms with Crippen molar-refractivity contribution in [3.05, 3.63) is 22.8 Å². The molecule has 0 fully saturated rings. The van der Waals surface area contributed by atoms with Gasteiger partial charge in [-0.05, 0) is 28.1 Å². The summed E-state index contributed by atoms with van der Waals surface area (Å²) >= 11 is 3.17. The Bertz CT molecular complexity index is 628. The highest BCUT2D eigenvalue weighted by Crippen LogP contribution is 2.14. The van der Waals surface area contributed by atoms with Gasteiger partial charge in [-0.25, -0.2) is 26.5 Å². The van der Waals surface area contributed by atoms with Gasteiger partial charge in [-0.3, -0.25) is 0 Å². The Morgan fingerprint density at radius 1 is 1.32 bits per heavy atom. The zero-order chi connectivity index (χ0) is 14.7. The SMILES string of the molecule is CN(CCNS(C)(=O)=O)S(=O)(=O)c1ccc(Br)cn1. The molecule has 0 spiro atoms. The van der Waals surface area contributed by atoms with E-state index in [0.717, 1.165) is 10.6 Å². The van der Waals surface area contributed by atoms with Crippen LogP contribution >= 0.6 is 15.9 Å². The molecule has 0 aliphatic heterocycles. The molecule has 1 N–H and O–H groups in total. The Morgan fingerprint density at radius 3 is 2.42 bits per heavy atom. The molecule has 0 unspecified atom stereocenters. The van der Waals surface area contributed by atoms with Gasteiger partial charge in [-0.15, -0.1) is 0 Å². The maximum atomic E-state index is 12.1. The van der Waals surface area contributed by atoms with Crippen LogP contribution in [0.15, 0.2) is 27.8 Å². The second kappa shape index (κ2) is 6.27. The van der Waals surface area contributed by atoms with Crippen molar-refractivity contribution in [3.63, 3.8) is 0 Å². The topological polar surface area (TPSA) is 96.4 Å². The normalized spacial score (nSPS) is 12.8. The predicted octanol–water partition coefficient (Wildman–Crippen LogP) is 0.0138. The molecule has 7 nitrogen and oxygen atoms in total. The van der Waals surface area contributed by atoms with Crippen LogP contribution < -0.4 is 4.72 Å². The first-order valence-electron chi connectivity index (χ1n) is 5.15. The Labute approximate surface area is 121 Å². The van der Waals surface area contributed by atoms with E-state index < -0.39 is 20.0 Å². The van der Waals surface area contributed by atoms with Gasteiger partial charge in [0, 0.05) is 30.8 Å². The van der Waals surface area contributed by atoms with Gasteiger partial charge in [-0.1, -0.05) is 0 Å². The zero-order valence-electron chi connectivity index (χ0n) is 10.4. The number of nitrogens with one attached hydrogen (secondary N) is 1. The van der Waals surface area contributed by atoms with Gasteiger partial charge in [-0.2, -0.15) is 4.31 Å². The first kappa shape index (κ1) is 16.5. The lowest BCUT2D eigenvalue weighted by Gasteiger charge is -2.16. The van der Waals surface area contributed by atoms with Crippen molar-refractivity contribution in [2.75, 3.05) is 26.4 Å². The third kappa shape index (κ3) is 5.15. The summed E-state index contributed by atoms with van der Waals surface area (Å²) in [6, 6.07) is 2.95. The molecule has 0 amide bonds. The fourth-order valence-electron chi connectivity index (χ4n) is 1.18. The minimum absolute atomic E-state index is 0.00505. The summed E-state index contributed by atoms with van der Waals surface area (Å²) < 4.78 is 49.8. The van der Waals surface area contributed by atoms with E-state index in [4.69, 9.17) is 0 Å². The Morgan fingerprint density at radius 2 is 1.95 bits per heavy atom. The Hall–Kier alpha value is -0.550. The number of nitrogens with zero attached hydrogens (tertiary/aromatic N) is 2. The summed E-state index contributed by atoms with van der Waals surface area (Å²) in [6.07, 6.45) is 2.40. The number of pyridine rings is 1. The lowest BCUT2D eigenvalue weighted by molar-refractivity contribution is 0.466. The van der Waals surface area contributed by atoms with Crippen LogP contribution in [0.5, 0.6) is 0 Å². The Kier molecular flexibility index (Phi) is 5.44. The van der Waals surface area contributed by atoms with Crippen LogP contribution in [-0.4, -0.2) is 52.5 Å². The maximum Gasteiger partial charge on any atom is 0.260 e. The minimum Gasteiger partial charge on any atom is -0.242 e. The van der Waals surface area contributed by atoms with E-state index in [2.05, 4.69) is 25.6 Å². The standard InChI is InChI=1S/C9H14BrN3O4S2/c1-13(6-5-12-18(2,14)15)19(16,17)9-4-3-8(10)7-11-9/h3-4,7,12H,5-6H2,1-2H3. The third-order valence-electron chi connectivity index (χ3n) is 2.17. The molecule has 0 aliphatic rings. The van der Waals surface area contributed by atoms with E-state index in [9.17, 15) is 16.8 Å². The predicted molar refractivity (Wildman–Crippen MR) is 74.6 cm³/mol. The Balaban J connectivity index is 2.75. The smallest absolute Gasteiger partial charge is 0.242 e. The number of sulfonamides is 2. The van der Waals surface area contributed by atoms with Gasteiger partial charge in [0.1, 0.15) is 0 Å². The van der Waals surface area contributed by atoms with Crippen LogP contribution in [0.4, 0.5) is 0 Å². The highest BCUT2D eigenvalue weighted by atomic mass is 79.9. The molecule has 0 radical (unpaired) electrons. The number of hydrogen-bond donors (Lipinski definition) is 1. The highest BCUT2D eigenvalue weighted by molar-refractivity contribution is 9.10. The van der Waals surface area contributed by atoms with Crippen LogP contribution in [-0.2, 0) is 20.0 Å². The first-order chi connectivity index (χ1) is 8.63. The summed E-state index contributed by atoms with van der Waals surface area (Å²) in [6.45, 7) is 0.0260. The van der Waals surface area contributed by atoms with Gasteiger partial charge in [0.25, 0.3) is 10.0 Å². The fraction of sp³-hybridized carbons (Fsp3) is 0.444. The van der Waals surface area contributed by atoms with Crippen molar-refractivity contribution in [3.8, 4) is 0 Å². The van der Waals surface area contributed by atoms with E-state index >= 15 is 0 Å². The molecule has 1 rings (SSSR count). The highest BCUT2D eigenvalue weighted by Gasteiger charge is 2.21. The summed E-state index contributed by atoms with van der Waals surface area (Å²) in [5.41, 5.74) is 0. The van der Waals surface area contributed by atoms with E-state index in [1.807, 2.05) is 0 Å². The number of likely N-dealkylation sites (N-methyl/N-ethyl adjacent to an activating group) is 1. The molecule has 0 saturated heterocycles. The van der Waals surface area contributed by atoms with E-state index in [1.165, 1.54) is 19.3 Å². The van der Waals surface area contributed by atoms with E-state index in [0.29, 0.717) is 4.47 Å². The molecular weight excluding hydrogens is 358 g/mol. The van der Waals surface area contributed by atoms with E-state index in [1.54, 1.807) is 6.07 Å². The van der Waals surface area contributed by atoms with Gasteiger partial charge in [0.15, 0.2) is 5.03 Å². The second-order valence-electron chi connectivity index (χ2n) is 3.81. The average molecular weight is 372 g/mol. The van der Waals surface area contributed by atoms with Crippen LogP contribution in [0.3, 0.4) is 0 Å². The molecule has 0 atom stereocenters. The van der Waals surface area contributed by atoms with Crippen LogP contribution in [0.25, 0.3) is 0 Å². The molecule has 1 aromatic rings. The fourth-order valence-corrected chi connectivity index (χ4v) is 2.96. The minimum atomic E-state index is -3.71. The molecule has 0 bridgehead atoms. The molecular formula is C9H14BrN3O4S2. The molecule has 19 heavy (non-hydrogen) atoms. The molecule has 108 valence electrons. The molecule has 1 aromatic heterocycles. The number of hydrogen-bond acceptors (Lipinski definition) is 5. The van der Waals surface area contributed by atoms with Crippen molar-refractivity contribution in [1.82, 2.24) is 14.0 Å². The largest absolute Gasteiger partial charge is 0.260 e. The number of aromatic nitrogens is 1. The van der Waals surface area contributed by atoms with Crippen LogP contribution in [0.1, 0.15) is 0 Å². The molecule has 0 aliphatic carbocycles. The average Bonchev–Trinajstić information content (AvgIpc) is 2.27. The third-order valence-corrected chi connectivity index (χ3v) is 5.14. The number of halogens is 1. The van der Waals surface area contributed by atoms with Gasteiger partial charge >= 0.3 is 0 Å². The molecule has 0 aromatic carbocycles. The van der Waals surface area contributed by atoms with Crippen molar-refractivity contribution in [2.45, 2.75) is 5.03 Å². The molecule has 10 heteroatoms. The second-order valence-corrected chi connectivity index (χ2v) is 8.55. The van der Waals surface area contributed by atoms with Crippen LogP contribution in [0.2, 0.25) is 0 Å². The summed E-state index contributed by atoms with van der Waals surface area (Å²) in [7, 11) is -5.67. The monoisotopic (exact) mass is 371 g/mol. The quantitative estimate of drug-likeness (QED) is 0.759. The number of rotatable bonds is 6. The summed E-state index contributed by atoms with van der Waals surface area (Å²) in [4.78, 5) is 3.81. The lowest BCUT2D eigenvalue weighted by Crippen LogP contribution is -2.36. The zero-order valence-corrected chi connectivity index (χ0v) is 13.6.